The first-order valence-electron chi connectivity index (χ1n) is 5.27. The smallest absolute Gasteiger partial charge is 0.246 e. The molecule has 1 aromatic heterocycles. The normalized spacial score (nSPS) is 17.8. The van der Waals surface area contributed by atoms with Gasteiger partial charge in [0.1, 0.15) is 0 Å². The third-order valence-electron chi connectivity index (χ3n) is 2.52. The molecule has 1 aliphatic carbocycles. The van der Waals surface area contributed by atoms with Crippen LogP contribution in [0.3, 0.4) is 0 Å². The van der Waals surface area contributed by atoms with Crippen LogP contribution in [0.15, 0.2) is 5.38 Å². The van der Waals surface area contributed by atoms with Gasteiger partial charge < -0.3 is 0 Å². The Morgan fingerprint density at radius 3 is 2.69 bits per heavy atom. The molecule has 0 aromatic carbocycles. The molecule has 16 heavy (non-hydrogen) atoms. The number of aryl methyl sites for hydroxylation is 1. The lowest BCUT2D eigenvalue weighted by molar-refractivity contribution is 0.557. The van der Waals surface area contributed by atoms with Crippen LogP contribution in [-0.2, 0) is 10.2 Å². The van der Waals surface area contributed by atoms with Crippen molar-refractivity contribution in [3.63, 3.8) is 0 Å². The predicted molar refractivity (Wildman–Crippen MR) is 64.8 cm³/mol. The van der Waals surface area contributed by atoms with Crippen LogP contribution in [0.1, 0.15) is 31.4 Å². The first kappa shape index (κ1) is 11.8. The van der Waals surface area contributed by atoms with Crippen molar-refractivity contribution in [2.24, 2.45) is 0 Å². The molecular formula is C9H15N3O2S2. The average Bonchev–Trinajstić information content (AvgIpc) is 2.76. The summed E-state index contributed by atoms with van der Waals surface area (Å²) in [5, 5.41) is 2.23. The van der Waals surface area contributed by atoms with Crippen molar-refractivity contribution in [3.8, 4) is 0 Å². The highest BCUT2D eigenvalue weighted by Crippen LogP contribution is 2.20. The Balaban J connectivity index is 1.96. The summed E-state index contributed by atoms with van der Waals surface area (Å²) in [7, 11) is -3.46. The first-order chi connectivity index (χ1) is 7.55. The highest BCUT2D eigenvalue weighted by Gasteiger charge is 2.21. The van der Waals surface area contributed by atoms with E-state index in [0.717, 1.165) is 31.4 Å². The van der Waals surface area contributed by atoms with Crippen molar-refractivity contribution in [1.82, 2.24) is 9.71 Å². The molecule has 0 spiro atoms. The van der Waals surface area contributed by atoms with Crippen molar-refractivity contribution in [2.45, 2.75) is 38.6 Å². The minimum atomic E-state index is -3.46. The molecule has 0 aliphatic heterocycles. The fourth-order valence-corrected chi connectivity index (χ4v) is 3.87. The van der Waals surface area contributed by atoms with Crippen molar-refractivity contribution in [1.29, 1.82) is 0 Å². The molecular weight excluding hydrogens is 246 g/mol. The van der Waals surface area contributed by atoms with Crippen LogP contribution in [0.5, 0.6) is 0 Å². The Bertz CT molecular complexity index is 449. The van der Waals surface area contributed by atoms with Gasteiger partial charge in [0.05, 0.1) is 5.69 Å². The molecule has 2 rings (SSSR count). The maximum atomic E-state index is 11.7. The van der Waals surface area contributed by atoms with Gasteiger partial charge >= 0.3 is 10.2 Å². The number of aromatic nitrogens is 1. The molecule has 1 aliphatic rings. The summed E-state index contributed by atoms with van der Waals surface area (Å²) in [6, 6.07) is 0.0820. The molecule has 0 amide bonds. The number of nitrogens with one attached hydrogen (secondary N) is 2. The zero-order valence-electron chi connectivity index (χ0n) is 9.06. The Morgan fingerprint density at radius 2 is 2.12 bits per heavy atom. The number of thiazole rings is 1. The molecule has 90 valence electrons. The van der Waals surface area contributed by atoms with Gasteiger partial charge in [0.15, 0.2) is 5.13 Å². The van der Waals surface area contributed by atoms with Gasteiger partial charge in [-0.3, -0.25) is 0 Å². The van der Waals surface area contributed by atoms with E-state index in [1.54, 1.807) is 0 Å². The van der Waals surface area contributed by atoms with E-state index in [2.05, 4.69) is 14.4 Å². The lowest BCUT2D eigenvalue weighted by Crippen LogP contribution is -2.37. The molecule has 0 unspecified atom stereocenters. The average molecular weight is 261 g/mol. The van der Waals surface area contributed by atoms with Gasteiger partial charge in [0, 0.05) is 11.4 Å². The fourth-order valence-electron chi connectivity index (χ4n) is 1.81. The van der Waals surface area contributed by atoms with Gasteiger partial charge in [0.2, 0.25) is 0 Å². The van der Waals surface area contributed by atoms with Crippen molar-refractivity contribution < 1.29 is 8.42 Å². The van der Waals surface area contributed by atoms with Gasteiger partial charge in [-0.15, -0.1) is 11.3 Å². The van der Waals surface area contributed by atoms with E-state index in [1.807, 2.05) is 12.3 Å². The molecule has 1 aromatic rings. The molecule has 1 fully saturated rings. The van der Waals surface area contributed by atoms with E-state index in [0.29, 0.717) is 5.13 Å². The Morgan fingerprint density at radius 1 is 1.44 bits per heavy atom. The Labute approximate surface area is 99.5 Å². The standard InChI is InChI=1S/C9H15N3O2S2/c1-7-6-15-9(10-7)12-16(13,14)11-8-4-2-3-5-8/h6,8,11H,2-5H2,1H3,(H,10,12). The van der Waals surface area contributed by atoms with Crippen molar-refractivity contribution in [2.75, 3.05) is 4.72 Å². The SMILES string of the molecule is Cc1csc(NS(=O)(=O)NC2CCCC2)n1. The van der Waals surface area contributed by atoms with Gasteiger partial charge in [-0.05, 0) is 19.8 Å². The third kappa shape index (κ3) is 3.16. The Kier molecular flexibility index (Phi) is 3.46. The number of hydrogen-bond donors (Lipinski definition) is 2. The summed E-state index contributed by atoms with van der Waals surface area (Å²) in [5.41, 5.74) is 0.823. The summed E-state index contributed by atoms with van der Waals surface area (Å²) in [6.07, 6.45) is 4.06. The van der Waals surface area contributed by atoms with Gasteiger partial charge in [-0.25, -0.2) is 9.71 Å². The molecule has 7 heteroatoms. The summed E-state index contributed by atoms with van der Waals surface area (Å²) < 4.78 is 28.5. The minimum absolute atomic E-state index is 0.0820. The molecule has 1 saturated carbocycles. The molecule has 1 heterocycles. The quantitative estimate of drug-likeness (QED) is 0.865. The van der Waals surface area contributed by atoms with Crippen LogP contribution in [0.2, 0.25) is 0 Å². The van der Waals surface area contributed by atoms with Crippen LogP contribution in [0, 0.1) is 6.92 Å². The highest BCUT2D eigenvalue weighted by atomic mass is 32.2. The van der Waals surface area contributed by atoms with Gasteiger partial charge in [-0.1, -0.05) is 12.8 Å². The monoisotopic (exact) mass is 261 g/mol. The summed E-state index contributed by atoms with van der Waals surface area (Å²) in [6.45, 7) is 1.83. The Hall–Kier alpha value is -0.660. The molecule has 0 atom stereocenters. The van der Waals surface area contributed by atoms with Crippen molar-refractivity contribution in [3.05, 3.63) is 11.1 Å². The van der Waals surface area contributed by atoms with E-state index in [9.17, 15) is 8.42 Å². The molecule has 5 nitrogen and oxygen atoms in total. The number of rotatable bonds is 4. The van der Waals surface area contributed by atoms with Crippen LogP contribution in [-0.4, -0.2) is 19.4 Å². The highest BCUT2D eigenvalue weighted by molar-refractivity contribution is 7.91. The summed E-state index contributed by atoms with van der Waals surface area (Å²) in [4.78, 5) is 4.06. The maximum absolute atomic E-state index is 11.7. The van der Waals surface area contributed by atoms with Crippen LogP contribution >= 0.6 is 11.3 Å². The fraction of sp³-hybridized carbons (Fsp3) is 0.667. The van der Waals surface area contributed by atoms with Gasteiger partial charge in [0.25, 0.3) is 0 Å². The lowest BCUT2D eigenvalue weighted by Gasteiger charge is -2.12. The number of anilines is 1. The summed E-state index contributed by atoms with van der Waals surface area (Å²) in [5.74, 6) is 0. The van der Waals surface area contributed by atoms with Crippen LogP contribution in [0.4, 0.5) is 5.13 Å². The topological polar surface area (TPSA) is 71.1 Å². The molecule has 0 bridgehead atoms. The molecule has 0 saturated heterocycles. The third-order valence-corrected chi connectivity index (χ3v) is 4.63. The molecule has 2 N–H and O–H groups in total. The maximum Gasteiger partial charge on any atom is 0.301 e. The second-order valence-corrected chi connectivity index (χ2v) is 6.30. The zero-order valence-corrected chi connectivity index (χ0v) is 10.7. The van der Waals surface area contributed by atoms with E-state index in [1.165, 1.54) is 11.3 Å². The van der Waals surface area contributed by atoms with E-state index >= 15 is 0 Å². The second-order valence-electron chi connectivity index (χ2n) is 4.00. The molecule has 0 radical (unpaired) electrons. The van der Waals surface area contributed by atoms with E-state index < -0.39 is 10.2 Å². The van der Waals surface area contributed by atoms with Crippen LogP contribution in [0.25, 0.3) is 0 Å². The van der Waals surface area contributed by atoms with E-state index in [-0.39, 0.29) is 6.04 Å². The number of hydrogen-bond acceptors (Lipinski definition) is 4. The first-order valence-corrected chi connectivity index (χ1v) is 7.64. The number of nitrogens with zero attached hydrogens (tertiary/aromatic N) is 1. The lowest BCUT2D eigenvalue weighted by atomic mass is 10.3. The van der Waals surface area contributed by atoms with Gasteiger partial charge in [-0.2, -0.15) is 13.1 Å². The predicted octanol–water partition coefficient (Wildman–Crippen LogP) is 1.64. The largest absolute Gasteiger partial charge is 0.301 e. The van der Waals surface area contributed by atoms with Crippen LogP contribution < -0.4 is 9.44 Å². The van der Waals surface area contributed by atoms with E-state index in [4.69, 9.17) is 0 Å². The zero-order chi connectivity index (χ0) is 11.6. The minimum Gasteiger partial charge on any atom is -0.246 e. The second kappa shape index (κ2) is 4.68. The van der Waals surface area contributed by atoms with Crippen molar-refractivity contribution >= 4 is 26.7 Å². The summed E-state index contributed by atoms with van der Waals surface area (Å²) >= 11 is 1.29.